The van der Waals surface area contributed by atoms with Crippen LogP contribution in [0.1, 0.15) is 33.7 Å². The maximum absolute atomic E-state index is 13.3. The molecule has 1 aromatic heterocycles. The van der Waals surface area contributed by atoms with Gasteiger partial charge in [0, 0.05) is 35.5 Å². The van der Waals surface area contributed by atoms with E-state index in [1.165, 1.54) is 0 Å². The van der Waals surface area contributed by atoms with E-state index in [1.54, 1.807) is 30.3 Å². The van der Waals surface area contributed by atoms with Gasteiger partial charge >= 0.3 is 6.03 Å². The van der Waals surface area contributed by atoms with Crippen molar-refractivity contribution in [2.45, 2.75) is 32.4 Å². The van der Waals surface area contributed by atoms with Crippen LogP contribution in [0.2, 0.25) is 0 Å². The fourth-order valence-corrected chi connectivity index (χ4v) is 4.24. The summed E-state index contributed by atoms with van der Waals surface area (Å²) in [6, 6.07) is 8.41. The Kier molecular flexibility index (Phi) is 4.53. The van der Waals surface area contributed by atoms with Gasteiger partial charge in [0.15, 0.2) is 11.3 Å². The van der Waals surface area contributed by atoms with Crippen molar-refractivity contribution in [3.8, 4) is 5.75 Å². The Balaban J connectivity index is 1.63. The zero-order valence-corrected chi connectivity index (χ0v) is 16.5. The Labute approximate surface area is 168 Å². The van der Waals surface area contributed by atoms with E-state index in [9.17, 15) is 14.4 Å². The lowest BCUT2D eigenvalue weighted by atomic mass is 9.84. The number of carbonyl (C=O) groups excluding carboxylic acids is 3. The molecule has 2 aromatic rings. The zero-order chi connectivity index (χ0) is 20.8. The summed E-state index contributed by atoms with van der Waals surface area (Å²) in [5.74, 6) is -0.102. The molecule has 3 heterocycles. The van der Waals surface area contributed by atoms with Crippen molar-refractivity contribution in [2.24, 2.45) is 0 Å². The zero-order valence-electron chi connectivity index (χ0n) is 16.5. The van der Waals surface area contributed by atoms with Crippen molar-refractivity contribution in [3.05, 3.63) is 65.5 Å². The smallest absolute Gasteiger partial charge is 0.325 e. The van der Waals surface area contributed by atoms with Gasteiger partial charge in [-0.25, -0.2) is 4.79 Å². The van der Waals surface area contributed by atoms with Gasteiger partial charge in [-0.2, -0.15) is 0 Å². The highest BCUT2D eigenvalue weighted by Gasteiger charge is 2.55. The van der Waals surface area contributed by atoms with Crippen LogP contribution in [0.4, 0.5) is 4.79 Å². The van der Waals surface area contributed by atoms with E-state index in [0.29, 0.717) is 36.4 Å². The number of urea groups is 1. The van der Waals surface area contributed by atoms with E-state index >= 15 is 0 Å². The lowest BCUT2D eigenvalue weighted by Gasteiger charge is -2.33. The standard InChI is InChI=1S/C22H23N3O4/c1-4-10-24-14(2)12-16(15(24)3)18(26)13-25-20(27)22(23-21(25)28)9-11-29-19-8-6-5-7-17(19)22/h4-8,12H,1,9-11,13H2,2-3H3,(H,23,28). The van der Waals surface area contributed by atoms with E-state index in [0.717, 1.165) is 16.3 Å². The number of fused-ring (bicyclic) bond motifs is 2. The number of Topliss-reactive ketones (excluding diaryl/α,β-unsaturated/α-hetero) is 1. The predicted molar refractivity (Wildman–Crippen MR) is 107 cm³/mol. The van der Waals surface area contributed by atoms with Crippen LogP contribution in [-0.4, -0.2) is 40.3 Å². The Morgan fingerprint density at radius 2 is 2.07 bits per heavy atom. The van der Waals surface area contributed by atoms with Gasteiger partial charge < -0.3 is 14.6 Å². The van der Waals surface area contributed by atoms with Crippen LogP contribution in [0.3, 0.4) is 0 Å². The summed E-state index contributed by atoms with van der Waals surface area (Å²) in [6.07, 6.45) is 2.09. The summed E-state index contributed by atoms with van der Waals surface area (Å²) < 4.78 is 7.61. The van der Waals surface area contributed by atoms with Crippen LogP contribution in [0, 0.1) is 13.8 Å². The van der Waals surface area contributed by atoms with Gasteiger partial charge in [0.1, 0.15) is 5.75 Å². The second-order valence-electron chi connectivity index (χ2n) is 7.43. The molecule has 3 amide bonds. The number of rotatable bonds is 5. The molecule has 7 heteroatoms. The molecular formula is C22H23N3O4. The van der Waals surface area contributed by atoms with Crippen LogP contribution in [0.15, 0.2) is 43.0 Å². The molecule has 1 aromatic carbocycles. The lowest BCUT2D eigenvalue weighted by molar-refractivity contribution is -0.132. The first-order chi connectivity index (χ1) is 13.9. The SMILES string of the molecule is C=CCn1c(C)cc(C(=O)CN2C(=O)NC3(CCOc4ccccc43)C2=O)c1C. The molecule has 0 aliphatic carbocycles. The number of hydrogen-bond acceptors (Lipinski definition) is 4. The van der Waals surface area contributed by atoms with Crippen LogP contribution >= 0.6 is 0 Å². The number of allylic oxidation sites excluding steroid dienone is 1. The van der Waals surface area contributed by atoms with Gasteiger partial charge in [-0.1, -0.05) is 24.3 Å². The minimum absolute atomic E-state index is 0.269. The first kappa shape index (κ1) is 19.0. The van der Waals surface area contributed by atoms with E-state index in [-0.39, 0.29) is 12.3 Å². The summed E-state index contributed by atoms with van der Waals surface area (Å²) in [5, 5.41) is 2.82. The number of amides is 3. The highest BCUT2D eigenvalue weighted by molar-refractivity contribution is 6.12. The first-order valence-corrected chi connectivity index (χ1v) is 9.56. The van der Waals surface area contributed by atoms with Gasteiger partial charge in [0.05, 0.1) is 13.2 Å². The molecule has 1 unspecified atom stereocenters. The molecule has 2 aliphatic rings. The van der Waals surface area contributed by atoms with Crippen molar-refractivity contribution in [2.75, 3.05) is 13.2 Å². The molecule has 1 saturated heterocycles. The second-order valence-corrected chi connectivity index (χ2v) is 7.43. The molecule has 150 valence electrons. The van der Waals surface area contributed by atoms with E-state index in [2.05, 4.69) is 11.9 Å². The van der Waals surface area contributed by atoms with E-state index < -0.39 is 17.5 Å². The van der Waals surface area contributed by atoms with Crippen LogP contribution in [0.25, 0.3) is 0 Å². The largest absolute Gasteiger partial charge is 0.493 e. The van der Waals surface area contributed by atoms with Crippen LogP contribution < -0.4 is 10.1 Å². The summed E-state index contributed by atoms with van der Waals surface area (Å²) in [4.78, 5) is 40.0. The minimum atomic E-state index is -1.17. The highest BCUT2D eigenvalue weighted by Crippen LogP contribution is 2.41. The topological polar surface area (TPSA) is 80.6 Å². The third-order valence-corrected chi connectivity index (χ3v) is 5.74. The average molecular weight is 393 g/mol. The van der Waals surface area contributed by atoms with Gasteiger partial charge in [-0.3, -0.25) is 14.5 Å². The average Bonchev–Trinajstić information content (AvgIpc) is 3.12. The molecular weight excluding hydrogens is 370 g/mol. The first-order valence-electron chi connectivity index (χ1n) is 9.56. The molecule has 2 aliphatic heterocycles. The van der Waals surface area contributed by atoms with Crippen LogP contribution in [-0.2, 0) is 16.9 Å². The Bertz CT molecular complexity index is 1040. The normalized spacial score (nSPS) is 20.4. The number of benzene rings is 1. The molecule has 1 spiro atoms. The Morgan fingerprint density at radius 1 is 1.31 bits per heavy atom. The van der Waals surface area contributed by atoms with Gasteiger partial charge in [0.25, 0.3) is 5.91 Å². The third-order valence-electron chi connectivity index (χ3n) is 5.74. The third kappa shape index (κ3) is 2.85. The number of carbonyl (C=O) groups is 3. The van der Waals surface area contributed by atoms with Crippen LogP contribution in [0.5, 0.6) is 5.75 Å². The van der Waals surface area contributed by atoms with Crippen molar-refractivity contribution in [1.82, 2.24) is 14.8 Å². The molecule has 0 radical (unpaired) electrons. The Morgan fingerprint density at radius 3 is 2.83 bits per heavy atom. The lowest BCUT2D eigenvalue weighted by Crippen LogP contribution is -2.47. The number of imide groups is 1. The monoisotopic (exact) mass is 393 g/mol. The quantitative estimate of drug-likeness (QED) is 0.481. The number of nitrogens with one attached hydrogen (secondary N) is 1. The number of para-hydroxylation sites is 1. The fourth-order valence-electron chi connectivity index (χ4n) is 4.24. The number of ether oxygens (including phenoxy) is 1. The number of hydrogen-bond donors (Lipinski definition) is 1. The van der Waals surface area contributed by atoms with E-state index in [4.69, 9.17) is 4.74 Å². The van der Waals surface area contributed by atoms with Crippen molar-refractivity contribution >= 4 is 17.7 Å². The molecule has 1 atom stereocenters. The van der Waals surface area contributed by atoms with Gasteiger partial charge in [-0.15, -0.1) is 6.58 Å². The van der Waals surface area contributed by atoms with Gasteiger partial charge in [0.2, 0.25) is 0 Å². The summed E-state index contributed by atoms with van der Waals surface area (Å²) in [7, 11) is 0. The van der Waals surface area contributed by atoms with Crippen molar-refractivity contribution < 1.29 is 19.1 Å². The number of nitrogens with zero attached hydrogens (tertiary/aromatic N) is 2. The molecule has 0 bridgehead atoms. The number of ketones is 1. The fraction of sp³-hybridized carbons (Fsp3) is 0.318. The number of aromatic nitrogens is 1. The summed E-state index contributed by atoms with van der Waals surface area (Å²) >= 11 is 0. The summed E-state index contributed by atoms with van der Waals surface area (Å²) in [6.45, 7) is 8.11. The molecule has 29 heavy (non-hydrogen) atoms. The summed E-state index contributed by atoms with van der Waals surface area (Å²) in [5.41, 5.74) is 1.69. The number of aryl methyl sites for hydroxylation is 1. The van der Waals surface area contributed by atoms with E-state index in [1.807, 2.05) is 24.5 Å². The molecule has 1 fully saturated rings. The highest BCUT2D eigenvalue weighted by atomic mass is 16.5. The predicted octanol–water partition coefficient (Wildman–Crippen LogP) is 2.70. The molecule has 1 N–H and O–H groups in total. The molecule has 0 saturated carbocycles. The maximum Gasteiger partial charge on any atom is 0.325 e. The second kappa shape index (κ2) is 6.92. The molecule has 7 nitrogen and oxygen atoms in total. The minimum Gasteiger partial charge on any atom is -0.493 e. The van der Waals surface area contributed by atoms with Crippen molar-refractivity contribution in [3.63, 3.8) is 0 Å². The van der Waals surface area contributed by atoms with Gasteiger partial charge in [-0.05, 0) is 26.0 Å². The Hall–Kier alpha value is -3.35. The molecule has 4 rings (SSSR count). The maximum atomic E-state index is 13.3. The van der Waals surface area contributed by atoms with Crippen molar-refractivity contribution in [1.29, 1.82) is 0 Å².